The summed E-state index contributed by atoms with van der Waals surface area (Å²) in [7, 11) is 0. The molecule has 7 nitrogen and oxygen atoms in total. The maximum absolute atomic E-state index is 10.8. The van der Waals surface area contributed by atoms with Gasteiger partial charge in [-0.25, -0.2) is 4.98 Å². The molecular weight excluding hydrogens is 296 g/mol. The van der Waals surface area contributed by atoms with Crippen LogP contribution in [0.4, 0.5) is 11.5 Å². The van der Waals surface area contributed by atoms with Crippen molar-refractivity contribution in [3.63, 3.8) is 0 Å². The van der Waals surface area contributed by atoms with Crippen molar-refractivity contribution in [3.05, 3.63) is 63.8 Å². The number of nitriles is 1. The van der Waals surface area contributed by atoms with E-state index in [0.29, 0.717) is 25.5 Å². The fourth-order valence-corrected chi connectivity index (χ4v) is 2.59. The Labute approximate surface area is 132 Å². The number of nitro groups is 1. The van der Waals surface area contributed by atoms with Gasteiger partial charge < -0.3 is 9.64 Å². The van der Waals surface area contributed by atoms with Gasteiger partial charge in [-0.3, -0.25) is 10.1 Å². The second kappa shape index (κ2) is 6.42. The molecule has 0 saturated carbocycles. The number of aromatic nitrogens is 1. The van der Waals surface area contributed by atoms with E-state index in [9.17, 15) is 15.4 Å². The van der Waals surface area contributed by atoms with Crippen molar-refractivity contribution in [2.24, 2.45) is 0 Å². The zero-order chi connectivity index (χ0) is 16.2. The zero-order valence-corrected chi connectivity index (χ0v) is 12.3. The Kier molecular flexibility index (Phi) is 4.17. The number of hydrogen-bond acceptors (Lipinski definition) is 6. The van der Waals surface area contributed by atoms with Crippen LogP contribution in [0.2, 0.25) is 0 Å². The Balaban J connectivity index is 1.87. The largest absolute Gasteiger partial charge is 0.370 e. The maximum Gasteiger partial charge on any atom is 0.289 e. The highest BCUT2D eigenvalue weighted by molar-refractivity contribution is 5.57. The Morgan fingerprint density at radius 2 is 2.17 bits per heavy atom. The lowest BCUT2D eigenvalue weighted by atomic mass is 10.1. The predicted molar refractivity (Wildman–Crippen MR) is 83.0 cm³/mol. The van der Waals surface area contributed by atoms with Gasteiger partial charge in [-0.05, 0) is 5.56 Å². The van der Waals surface area contributed by atoms with Crippen LogP contribution in [-0.2, 0) is 4.74 Å². The van der Waals surface area contributed by atoms with Gasteiger partial charge in [0.2, 0.25) is 0 Å². The molecule has 1 aromatic carbocycles. The van der Waals surface area contributed by atoms with Gasteiger partial charge in [0.1, 0.15) is 29.8 Å². The van der Waals surface area contributed by atoms with E-state index in [0.717, 1.165) is 5.56 Å². The van der Waals surface area contributed by atoms with Gasteiger partial charge >= 0.3 is 0 Å². The van der Waals surface area contributed by atoms with Crippen molar-refractivity contribution >= 4 is 11.5 Å². The third kappa shape index (κ3) is 3.12. The number of anilines is 1. The van der Waals surface area contributed by atoms with Crippen molar-refractivity contribution in [3.8, 4) is 6.07 Å². The van der Waals surface area contributed by atoms with Crippen LogP contribution in [0.1, 0.15) is 17.2 Å². The normalized spacial score (nSPS) is 17.5. The molecule has 0 radical (unpaired) electrons. The van der Waals surface area contributed by atoms with Crippen LogP contribution in [0.5, 0.6) is 0 Å². The monoisotopic (exact) mass is 310 g/mol. The molecule has 7 heteroatoms. The molecule has 0 aliphatic carbocycles. The molecule has 23 heavy (non-hydrogen) atoms. The molecule has 0 N–H and O–H groups in total. The van der Waals surface area contributed by atoms with Gasteiger partial charge in [0.05, 0.1) is 11.5 Å². The molecule has 1 aliphatic heterocycles. The van der Waals surface area contributed by atoms with Crippen molar-refractivity contribution in [2.75, 3.05) is 24.6 Å². The van der Waals surface area contributed by atoms with Gasteiger partial charge in [0, 0.05) is 19.2 Å². The van der Waals surface area contributed by atoms with E-state index in [1.54, 1.807) is 0 Å². The first-order chi connectivity index (χ1) is 11.2. The number of rotatable bonds is 3. The molecule has 0 amide bonds. The molecule has 0 spiro atoms. The van der Waals surface area contributed by atoms with Gasteiger partial charge in [-0.2, -0.15) is 5.26 Å². The van der Waals surface area contributed by atoms with Crippen LogP contribution in [0, 0.1) is 21.4 Å². The summed E-state index contributed by atoms with van der Waals surface area (Å²) in [5, 5.41) is 20.1. The number of nitrogens with zero attached hydrogens (tertiary/aromatic N) is 4. The van der Waals surface area contributed by atoms with Crippen LogP contribution >= 0.6 is 0 Å². The smallest absolute Gasteiger partial charge is 0.289 e. The first-order valence-electron chi connectivity index (χ1n) is 7.15. The predicted octanol–water partition coefficient (Wildman–Crippen LogP) is 2.44. The highest BCUT2D eigenvalue weighted by Crippen LogP contribution is 2.28. The molecule has 2 aromatic rings. The standard InChI is InChI=1S/C16H14N4O3/c17-9-13-8-14(20(21)22)10-18-16(13)19-6-7-23-15(11-19)12-4-2-1-3-5-12/h1-5,8,10,15H,6-7,11H2. The summed E-state index contributed by atoms with van der Waals surface area (Å²) in [4.78, 5) is 16.3. The minimum Gasteiger partial charge on any atom is -0.370 e. The first-order valence-corrected chi connectivity index (χ1v) is 7.15. The summed E-state index contributed by atoms with van der Waals surface area (Å²) in [5.74, 6) is 0.460. The van der Waals surface area contributed by atoms with Crippen LogP contribution in [0.15, 0.2) is 42.6 Å². The van der Waals surface area contributed by atoms with Crippen molar-refractivity contribution in [1.29, 1.82) is 5.26 Å². The van der Waals surface area contributed by atoms with Crippen molar-refractivity contribution < 1.29 is 9.66 Å². The summed E-state index contributed by atoms with van der Waals surface area (Å²) < 4.78 is 5.79. The fraction of sp³-hybridized carbons (Fsp3) is 0.250. The second-order valence-corrected chi connectivity index (χ2v) is 5.15. The van der Waals surface area contributed by atoms with E-state index in [4.69, 9.17) is 4.74 Å². The third-order valence-electron chi connectivity index (χ3n) is 3.72. The zero-order valence-electron chi connectivity index (χ0n) is 12.3. The topological polar surface area (TPSA) is 92.3 Å². The van der Waals surface area contributed by atoms with E-state index in [1.807, 2.05) is 41.3 Å². The molecule has 116 valence electrons. The molecule has 1 aromatic heterocycles. The number of morpholine rings is 1. The quantitative estimate of drug-likeness (QED) is 0.638. The van der Waals surface area contributed by atoms with Crippen molar-refractivity contribution in [2.45, 2.75) is 6.10 Å². The lowest BCUT2D eigenvalue weighted by molar-refractivity contribution is -0.385. The maximum atomic E-state index is 10.8. The van der Waals surface area contributed by atoms with Crippen LogP contribution in [0.25, 0.3) is 0 Å². The van der Waals surface area contributed by atoms with E-state index in [-0.39, 0.29) is 17.4 Å². The number of pyridine rings is 1. The van der Waals surface area contributed by atoms with E-state index < -0.39 is 4.92 Å². The fourth-order valence-electron chi connectivity index (χ4n) is 2.59. The molecule has 0 bridgehead atoms. The third-order valence-corrected chi connectivity index (χ3v) is 3.72. The molecule has 1 saturated heterocycles. The average Bonchev–Trinajstić information content (AvgIpc) is 2.62. The molecule has 1 atom stereocenters. The summed E-state index contributed by atoms with van der Waals surface area (Å²) in [5.41, 5.74) is 1.07. The summed E-state index contributed by atoms with van der Waals surface area (Å²) in [6.07, 6.45) is 1.07. The second-order valence-electron chi connectivity index (χ2n) is 5.15. The summed E-state index contributed by atoms with van der Waals surface area (Å²) in [6.45, 7) is 1.63. The van der Waals surface area contributed by atoms with Crippen LogP contribution in [-0.4, -0.2) is 29.6 Å². The molecule has 1 unspecified atom stereocenters. The van der Waals surface area contributed by atoms with Gasteiger partial charge in [0.15, 0.2) is 0 Å². The van der Waals surface area contributed by atoms with Crippen LogP contribution < -0.4 is 4.90 Å². The average molecular weight is 310 g/mol. The molecule has 1 fully saturated rings. The lowest BCUT2D eigenvalue weighted by Crippen LogP contribution is -2.39. The Morgan fingerprint density at radius 3 is 2.87 bits per heavy atom. The Morgan fingerprint density at radius 1 is 1.39 bits per heavy atom. The Hall–Kier alpha value is -2.98. The molecular formula is C16H14N4O3. The molecule has 3 rings (SSSR count). The van der Waals surface area contributed by atoms with E-state index in [1.165, 1.54) is 12.3 Å². The number of benzene rings is 1. The van der Waals surface area contributed by atoms with Gasteiger partial charge in [-0.1, -0.05) is 30.3 Å². The highest BCUT2D eigenvalue weighted by Gasteiger charge is 2.25. The Bertz CT molecular complexity index is 758. The number of hydrogen-bond donors (Lipinski definition) is 0. The van der Waals surface area contributed by atoms with Crippen molar-refractivity contribution in [1.82, 2.24) is 4.98 Å². The van der Waals surface area contributed by atoms with E-state index in [2.05, 4.69) is 4.98 Å². The summed E-state index contributed by atoms with van der Waals surface area (Å²) >= 11 is 0. The highest BCUT2D eigenvalue weighted by atomic mass is 16.6. The SMILES string of the molecule is N#Cc1cc([N+](=O)[O-])cnc1N1CCOC(c2ccccc2)C1. The lowest BCUT2D eigenvalue weighted by Gasteiger charge is -2.34. The number of ether oxygens (including phenoxy) is 1. The van der Waals surface area contributed by atoms with E-state index >= 15 is 0 Å². The summed E-state index contributed by atoms with van der Waals surface area (Å²) in [6, 6.07) is 13.1. The molecule has 1 aliphatic rings. The first kappa shape index (κ1) is 14.9. The minimum absolute atomic E-state index is 0.117. The van der Waals surface area contributed by atoms with Crippen LogP contribution in [0.3, 0.4) is 0 Å². The van der Waals surface area contributed by atoms with Gasteiger partial charge in [0.25, 0.3) is 5.69 Å². The van der Waals surface area contributed by atoms with Gasteiger partial charge in [-0.15, -0.1) is 0 Å². The molecule has 2 heterocycles. The minimum atomic E-state index is -0.552.